The van der Waals surface area contributed by atoms with Gasteiger partial charge in [-0.3, -0.25) is 4.90 Å². The van der Waals surface area contributed by atoms with Crippen molar-refractivity contribution in [2.45, 2.75) is 13.0 Å². The van der Waals surface area contributed by atoms with E-state index in [9.17, 15) is 4.79 Å². The molecular weight excluding hydrogens is 312 g/mol. The van der Waals surface area contributed by atoms with E-state index in [0.717, 1.165) is 32.0 Å². The molecule has 7 heteroatoms. The zero-order valence-electron chi connectivity index (χ0n) is 13.3. The van der Waals surface area contributed by atoms with E-state index in [1.165, 1.54) is 12.7 Å². The number of hydrogen-bond donors (Lipinski definition) is 0. The van der Waals surface area contributed by atoms with Gasteiger partial charge >= 0.3 is 5.97 Å². The van der Waals surface area contributed by atoms with Gasteiger partial charge in [0.1, 0.15) is 0 Å². The molecule has 6 nitrogen and oxygen atoms in total. The number of esters is 1. The van der Waals surface area contributed by atoms with Crippen molar-refractivity contribution >= 4 is 23.1 Å². The fourth-order valence-electron chi connectivity index (χ4n) is 2.77. The Morgan fingerprint density at radius 1 is 1.22 bits per heavy atom. The summed E-state index contributed by atoms with van der Waals surface area (Å²) in [5, 5.41) is 12.4. The lowest BCUT2D eigenvalue weighted by Gasteiger charge is -2.38. The summed E-state index contributed by atoms with van der Waals surface area (Å²) in [4.78, 5) is 16.1. The highest BCUT2D eigenvalue weighted by molar-refractivity contribution is 7.07. The number of rotatable bonds is 4. The number of ether oxygens (including phenoxy) is 1. The van der Waals surface area contributed by atoms with Gasteiger partial charge in [-0.15, -0.1) is 10.2 Å². The van der Waals surface area contributed by atoms with Crippen molar-refractivity contribution in [1.29, 1.82) is 0 Å². The number of aromatic nitrogens is 2. The standard InChI is InChI=1S/C16H20N4O2S/c1-12(13-5-10-23-11-13)19-6-8-20(9-7-19)15-4-3-14(17-18-15)16(21)22-2/h3-5,10-12H,6-9H2,1-2H3/t12-/m0/s1. The van der Waals surface area contributed by atoms with Crippen molar-refractivity contribution in [3.8, 4) is 0 Å². The summed E-state index contributed by atoms with van der Waals surface area (Å²) in [6.07, 6.45) is 0. The molecule has 1 saturated heterocycles. The molecule has 1 atom stereocenters. The van der Waals surface area contributed by atoms with Gasteiger partial charge in [-0.05, 0) is 41.4 Å². The molecule has 0 amide bonds. The zero-order valence-corrected chi connectivity index (χ0v) is 14.1. The number of nitrogens with zero attached hydrogens (tertiary/aromatic N) is 4. The van der Waals surface area contributed by atoms with Crippen LogP contribution in [-0.4, -0.2) is 54.4 Å². The lowest BCUT2D eigenvalue weighted by atomic mass is 10.1. The lowest BCUT2D eigenvalue weighted by molar-refractivity contribution is 0.0592. The van der Waals surface area contributed by atoms with E-state index in [-0.39, 0.29) is 5.69 Å². The van der Waals surface area contributed by atoms with Crippen molar-refractivity contribution in [3.05, 3.63) is 40.2 Å². The summed E-state index contributed by atoms with van der Waals surface area (Å²) in [6, 6.07) is 6.13. The highest BCUT2D eigenvalue weighted by atomic mass is 32.1. The maximum absolute atomic E-state index is 11.4. The van der Waals surface area contributed by atoms with Gasteiger partial charge in [-0.2, -0.15) is 11.3 Å². The molecule has 1 fully saturated rings. The third-order valence-electron chi connectivity index (χ3n) is 4.26. The van der Waals surface area contributed by atoms with Gasteiger partial charge in [0.2, 0.25) is 0 Å². The van der Waals surface area contributed by atoms with Crippen LogP contribution >= 0.6 is 11.3 Å². The van der Waals surface area contributed by atoms with Gasteiger partial charge in [0, 0.05) is 32.2 Å². The number of thiophene rings is 1. The molecular formula is C16H20N4O2S. The number of methoxy groups -OCH3 is 1. The van der Waals surface area contributed by atoms with E-state index in [0.29, 0.717) is 6.04 Å². The predicted octanol–water partition coefficient (Wildman–Crippen LogP) is 2.21. The summed E-state index contributed by atoms with van der Waals surface area (Å²) < 4.78 is 4.64. The van der Waals surface area contributed by atoms with Gasteiger partial charge in [0.15, 0.2) is 11.5 Å². The molecule has 0 spiro atoms. The summed E-state index contributed by atoms with van der Waals surface area (Å²) in [5.74, 6) is 0.346. The van der Waals surface area contributed by atoms with E-state index in [1.54, 1.807) is 17.4 Å². The fraction of sp³-hybridized carbons (Fsp3) is 0.438. The number of carbonyl (C=O) groups excluding carboxylic acids is 1. The molecule has 3 heterocycles. The van der Waals surface area contributed by atoms with Crippen LogP contribution in [0.5, 0.6) is 0 Å². The zero-order chi connectivity index (χ0) is 16.2. The van der Waals surface area contributed by atoms with E-state index in [1.807, 2.05) is 6.07 Å². The number of hydrogen-bond acceptors (Lipinski definition) is 7. The third kappa shape index (κ3) is 3.51. The Bertz CT molecular complexity index is 637. The average Bonchev–Trinajstić information content (AvgIpc) is 3.15. The Kier molecular flexibility index (Phi) is 4.88. The molecule has 2 aromatic rings. The van der Waals surface area contributed by atoms with Crippen molar-refractivity contribution < 1.29 is 9.53 Å². The van der Waals surface area contributed by atoms with Crippen molar-refractivity contribution in [1.82, 2.24) is 15.1 Å². The first kappa shape index (κ1) is 15.9. The van der Waals surface area contributed by atoms with Crippen LogP contribution in [0.25, 0.3) is 0 Å². The molecule has 1 aliphatic rings. The highest BCUT2D eigenvalue weighted by Crippen LogP contribution is 2.24. The summed E-state index contributed by atoms with van der Waals surface area (Å²) in [7, 11) is 1.34. The molecule has 0 unspecified atom stereocenters. The van der Waals surface area contributed by atoms with Crippen LogP contribution in [0.1, 0.15) is 29.0 Å². The van der Waals surface area contributed by atoms with Crippen LogP contribution < -0.4 is 4.90 Å². The first-order valence-electron chi connectivity index (χ1n) is 7.62. The smallest absolute Gasteiger partial charge is 0.358 e. The molecule has 0 N–H and O–H groups in total. The molecule has 0 aliphatic carbocycles. The van der Waals surface area contributed by atoms with Crippen LogP contribution in [0, 0.1) is 0 Å². The van der Waals surface area contributed by atoms with E-state index in [4.69, 9.17) is 0 Å². The van der Waals surface area contributed by atoms with Gasteiger partial charge < -0.3 is 9.64 Å². The monoisotopic (exact) mass is 332 g/mol. The van der Waals surface area contributed by atoms with Gasteiger partial charge in [0.05, 0.1) is 7.11 Å². The SMILES string of the molecule is COC(=O)c1ccc(N2CCN([C@@H](C)c3ccsc3)CC2)nn1. The molecule has 23 heavy (non-hydrogen) atoms. The summed E-state index contributed by atoms with van der Waals surface area (Å²) in [6.45, 7) is 6.03. The molecule has 122 valence electrons. The Morgan fingerprint density at radius 3 is 2.57 bits per heavy atom. The first-order chi connectivity index (χ1) is 11.2. The molecule has 3 rings (SSSR count). The van der Waals surface area contributed by atoms with Crippen molar-refractivity contribution in [2.75, 3.05) is 38.2 Å². The Labute approximate surface area is 139 Å². The van der Waals surface area contributed by atoms with E-state index >= 15 is 0 Å². The normalized spacial score (nSPS) is 17.0. The molecule has 0 saturated carbocycles. The van der Waals surface area contributed by atoms with Crippen LogP contribution in [0.2, 0.25) is 0 Å². The third-order valence-corrected chi connectivity index (χ3v) is 4.96. The molecule has 0 radical (unpaired) electrons. The first-order valence-corrected chi connectivity index (χ1v) is 8.56. The second-order valence-corrected chi connectivity index (χ2v) is 6.30. The van der Waals surface area contributed by atoms with Gasteiger partial charge in [-0.1, -0.05) is 0 Å². The number of piperazine rings is 1. The maximum Gasteiger partial charge on any atom is 0.358 e. The largest absolute Gasteiger partial charge is 0.464 e. The maximum atomic E-state index is 11.4. The van der Waals surface area contributed by atoms with E-state index < -0.39 is 5.97 Å². The minimum Gasteiger partial charge on any atom is -0.464 e. The Hall–Kier alpha value is -1.99. The number of anilines is 1. The molecule has 2 aromatic heterocycles. The van der Waals surface area contributed by atoms with Crippen LogP contribution in [0.15, 0.2) is 29.0 Å². The van der Waals surface area contributed by atoms with Gasteiger partial charge in [-0.25, -0.2) is 4.79 Å². The Morgan fingerprint density at radius 2 is 2.00 bits per heavy atom. The number of carbonyl (C=O) groups is 1. The van der Waals surface area contributed by atoms with Crippen LogP contribution in [-0.2, 0) is 4.74 Å². The predicted molar refractivity (Wildman–Crippen MR) is 89.9 cm³/mol. The van der Waals surface area contributed by atoms with Crippen LogP contribution in [0.4, 0.5) is 5.82 Å². The van der Waals surface area contributed by atoms with Crippen molar-refractivity contribution in [2.24, 2.45) is 0 Å². The second-order valence-electron chi connectivity index (χ2n) is 5.52. The van der Waals surface area contributed by atoms with E-state index in [2.05, 4.69) is 48.5 Å². The molecule has 1 aliphatic heterocycles. The average molecular weight is 332 g/mol. The van der Waals surface area contributed by atoms with Crippen LogP contribution in [0.3, 0.4) is 0 Å². The molecule has 0 aromatic carbocycles. The minimum atomic E-state index is -0.460. The van der Waals surface area contributed by atoms with Gasteiger partial charge in [0.25, 0.3) is 0 Å². The van der Waals surface area contributed by atoms with Crippen molar-refractivity contribution in [3.63, 3.8) is 0 Å². The second kappa shape index (κ2) is 7.06. The highest BCUT2D eigenvalue weighted by Gasteiger charge is 2.23. The molecule has 0 bridgehead atoms. The summed E-state index contributed by atoms with van der Waals surface area (Å²) >= 11 is 1.74. The lowest BCUT2D eigenvalue weighted by Crippen LogP contribution is -2.47. The summed E-state index contributed by atoms with van der Waals surface area (Å²) in [5.41, 5.74) is 1.62. The Balaban J connectivity index is 1.59. The fourth-order valence-corrected chi connectivity index (χ4v) is 3.52. The topological polar surface area (TPSA) is 58.6 Å². The minimum absolute atomic E-state index is 0.237. The quantitative estimate of drug-likeness (QED) is 0.800.